The maximum absolute atomic E-state index is 15.6. The van der Waals surface area contributed by atoms with Gasteiger partial charge in [0.05, 0.1) is 71.5 Å². The molecule has 24 heteroatoms. The fourth-order valence-corrected chi connectivity index (χ4v) is 12.1. The molecule has 7 aliphatic rings. The second-order valence-electron chi connectivity index (χ2n) is 22.0. The summed E-state index contributed by atoms with van der Waals surface area (Å²) < 4.78 is 66.8. The molecule has 10 N–H and O–H groups in total. The van der Waals surface area contributed by atoms with Gasteiger partial charge in [0, 0.05) is 50.7 Å². The number of ketones is 3. The molecule has 0 spiro atoms. The summed E-state index contributed by atoms with van der Waals surface area (Å²) in [4.78, 5) is 43.0. The monoisotopic (exact) mass is 1090 g/mol. The summed E-state index contributed by atoms with van der Waals surface area (Å²) in [7, 11) is 1.18. The lowest BCUT2D eigenvalue weighted by molar-refractivity contribution is -0.337. The molecular weight excluding hydrogens is 1020 g/mol. The summed E-state index contributed by atoms with van der Waals surface area (Å²) >= 11 is 0. The van der Waals surface area contributed by atoms with Crippen LogP contribution in [0.3, 0.4) is 0 Å². The zero-order valence-electron chi connectivity index (χ0n) is 44.2. The fraction of sp³-hybridized carbons (Fsp3) is 0.717. The van der Waals surface area contributed by atoms with Crippen LogP contribution in [0.15, 0.2) is 23.5 Å². The third kappa shape index (κ3) is 10.4. The first-order chi connectivity index (χ1) is 36.2. The van der Waals surface area contributed by atoms with Gasteiger partial charge in [-0.1, -0.05) is 0 Å². The number of aliphatic hydroxyl groups is 8. The number of aromatic hydroxyl groups is 2. The minimum absolute atomic E-state index is 0.0487. The van der Waals surface area contributed by atoms with Crippen LogP contribution in [0.1, 0.15) is 102 Å². The molecule has 5 fully saturated rings. The number of aliphatic hydroxyl groups excluding tert-OH is 7. The molecule has 77 heavy (non-hydrogen) atoms. The Kier molecular flexibility index (Phi) is 16.3. The normalized spacial score (nSPS) is 43.7. The second kappa shape index (κ2) is 21.8. The highest BCUT2D eigenvalue weighted by atomic mass is 16.7. The molecule has 428 valence electrons. The average molecular weight is 1090 g/mol. The molecule has 0 bridgehead atoms. The molecule has 0 radical (unpaired) electrons. The number of benzene rings is 2. The van der Waals surface area contributed by atoms with Gasteiger partial charge in [0.2, 0.25) is 12.1 Å². The van der Waals surface area contributed by atoms with Crippen molar-refractivity contribution in [1.29, 1.82) is 0 Å². The van der Waals surface area contributed by atoms with E-state index in [0.717, 1.165) is 6.92 Å². The molecule has 23 atom stereocenters. The highest BCUT2D eigenvalue weighted by Crippen LogP contribution is 2.53. The fourth-order valence-electron chi connectivity index (χ4n) is 12.1. The van der Waals surface area contributed by atoms with Gasteiger partial charge in [0.15, 0.2) is 42.3 Å². The lowest BCUT2D eigenvalue weighted by Crippen LogP contribution is -2.65. The highest BCUT2D eigenvalue weighted by molar-refractivity contribution is 6.25. The first-order valence-electron chi connectivity index (χ1n) is 26.1. The molecule has 5 aliphatic heterocycles. The number of ether oxygens (including phenoxy) is 11. The Balaban J connectivity index is 1.00. The quantitative estimate of drug-likeness (QED) is 0.131. The van der Waals surface area contributed by atoms with Crippen molar-refractivity contribution in [2.45, 2.75) is 228 Å². The van der Waals surface area contributed by atoms with Crippen LogP contribution in [0.4, 0.5) is 0 Å². The second-order valence-corrected chi connectivity index (χ2v) is 22.0. The van der Waals surface area contributed by atoms with Gasteiger partial charge in [-0.2, -0.15) is 0 Å². The number of phenolic OH excluding ortho intramolecular Hbond substituents is 2. The van der Waals surface area contributed by atoms with Crippen molar-refractivity contribution in [1.82, 2.24) is 0 Å². The Morgan fingerprint density at radius 3 is 1.74 bits per heavy atom. The molecule has 24 nitrogen and oxygen atoms in total. The first-order valence-corrected chi connectivity index (χ1v) is 26.1. The topological polar surface area (TPSA) is 355 Å². The van der Waals surface area contributed by atoms with Crippen LogP contribution in [-0.4, -0.2) is 210 Å². The number of carbonyl (C=O) groups excluding carboxylic acids is 3. The average Bonchev–Trinajstić information content (AvgIpc) is 3.44. The summed E-state index contributed by atoms with van der Waals surface area (Å²) in [5.41, 5.74) is -5.23. The number of rotatable bonds is 12. The minimum Gasteiger partial charge on any atom is -0.508 e. The van der Waals surface area contributed by atoms with E-state index in [9.17, 15) is 60.7 Å². The third-order valence-corrected chi connectivity index (χ3v) is 16.5. The van der Waals surface area contributed by atoms with Crippen LogP contribution in [0, 0.1) is 12.8 Å². The van der Waals surface area contributed by atoms with Crippen LogP contribution in [0.5, 0.6) is 17.2 Å². The predicted octanol–water partition coefficient (Wildman–Crippen LogP) is 0.794. The Morgan fingerprint density at radius 2 is 1.18 bits per heavy atom. The van der Waals surface area contributed by atoms with Gasteiger partial charge in [-0.05, 0) is 84.9 Å². The summed E-state index contributed by atoms with van der Waals surface area (Å²) in [5, 5.41) is 112. The van der Waals surface area contributed by atoms with Gasteiger partial charge < -0.3 is 103 Å². The summed E-state index contributed by atoms with van der Waals surface area (Å²) in [6, 6.07) is 2.98. The number of carbonyl (C=O) groups is 3. The van der Waals surface area contributed by atoms with Crippen molar-refractivity contribution < 1.29 is 118 Å². The van der Waals surface area contributed by atoms with Crippen molar-refractivity contribution in [3.63, 3.8) is 0 Å². The Labute approximate surface area is 443 Å². The lowest BCUT2D eigenvalue weighted by Gasteiger charge is -2.50. The molecule has 5 heterocycles. The standard InChI is InChI=1S/C53H72O24/c1-18-29(73-34-14-30(43(58)21(4)69-34)74-33-13-28(55)42(57)20(3)68-33)12-26-10-25-11-27-48(67-9)47(62)38(19(2)54)50(64)53(27,51(65)40(25)46(61)39(26)41(18)56)77-36-16-32(45(60)23(6)71-36)75-35-15-31(44(59)22(5)70-35)76-37-17-52(8,66)49(63)24(7)72-37/h10,12,20-24,27-28,30-37,42-45,48-49,55-61,63-64,66H,11,13-17H2,1-9H3. The molecule has 9 rings (SSSR count). The summed E-state index contributed by atoms with van der Waals surface area (Å²) in [5.74, 6) is -6.67. The Hall–Kier alpha value is -4.03. The van der Waals surface area contributed by atoms with E-state index in [4.69, 9.17) is 52.1 Å². The molecule has 0 aromatic heterocycles. The molecular formula is C53H72O24. The molecule has 2 aliphatic carbocycles. The van der Waals surface area contributed by atoms with E-state index in [0.29, 0.717) is 0 Å². The Bertz CT molecular complexity index is 2590. The maximum atomic E-state index is 15.6. The maximum Gasteiger partial charge on any atom is 0.207 e. The van der Waals surface area contributed by atoms with Crippen LogP contribution < -0.4 is 4.74 Å². The van der Waals surface area contributed by atoms with Crippen LogP contribution >= 0.6 is 0 Å². The largest absolute Gasteiger partial charge is 0.508 e. The smallest absolute Gasteiger partial charge is 0.207 e. The zero-order chi connectivity index (χ0) is 56.1. The predicted molar refractivity (Wildman–Crippen MR) is 260 cm³/mol. The van der Waals surface area contributed by atoms with Crippen molar-refractivity contribution >= 4 is 28.1 Å². The van der Waals surface area contributed by atoms with E-state index >= 15 is 4.79 Å². The van der Waals surface area contributed by atoms with Crippen molar-refractivity contribution in [3.8, 4) is 17.2 Å². The highest BCUT2D eigenvalue weighted by Gasteiger charge is 2.65. The third-order valence-electron chi connectivity index (χ3n) is 16.5. The number of phenols is 2. The Morgan fingerprint density at radius 1 is 0.675 bits per heavy atom. The number of hydrogen-bond acceptors (Lipinski definition) is 24. The van der Waals surface area contributed by atoms with Crippen LogP contribution in [-0.2, 0) is 63.4 Å². The molecule has 0 amide bonds. The van der Waals surface area contributed by atoms with E-state index in [2.05, 4.69) is 0 Å². The SMILES string of the molecule is COC1C(=O)C(C(C)=O)=C(O)C2(OC3CC(OC4CC(OC5CC(C)(O)C(O)C(C)O5)C(O)C(C)O4)C(O)C(C)O3)C(=O)c3c(cc4cc(OC5CC(OC6CC(O)C(O)C(C)O6)C(O)C(C)O5)c(C)c(O)c4c3O)CC12. The van der Waals surface area contributed by atoms with E-state index < -0.39 is 186 Å². The molecule has 23 unspecified atom stereocenters. The van der Waals surface area contributed by atoms with E-state index in [1.165, 1.54) is 40.0 Å². The van der Waals surface area contributed by atoms with Gasteiger partial charge >= 0.3 is 0 Å². The minimum atomic E-state index is -2.68. The summed E-state index contributed by atoms with van der Waals surface area (Å²) in [6.07, 6.45) is -22.9. The zero-order valence-corrected chi connectivity index (χ0v) is 44.2. The molecule has 2 aromatic rings. The van der Waals surface area contributed by atoms with Crippen molar-refractivity contribution in [2.75, 3.05) is 7.11 Å². The van der Waals surface area contributed by atoms with E-state index in [1.807, 2.05) is 0 Å². The number of methoxy groups -OCH3 is 1. The summed E-state index contributed by atoms with van der Waals surface area (Å²) in [6.45, 7) is 11.8. The van der Waals surface area contributed by atoms with Gasteiger partial charge in [-0.15, -0.1) is 0 Å². The van der Waals surface area contributed by atoms with Gasteiger partial charge in [0.1, 0.15) is 65.2 Å². The van der Waals surface area contributed by atoms with E-state index in [-0.39, 0.29) is 66.2 Å². The molecule has 5 saturated heterocycles. The van der Waals surface area contributed by atoms with Crippen molar-refractivity contribution in [3.05, 3.63) is 40.2 Å². The molecule has 0 saturated carbocycles. The van der Waals surface area contributed by atoms with Crippen molar-refractivity contribution in [2.24, 2.45) is 5.92 Å². The van der Waals surface area contributed by atoms with E-state index in [1.54, 1.807) is 27.7 Å². The molecule has 2 aromatic carbocycles. The first kappa shape index (κ1) is 57.6. The van der Waals surface area contributed by atoms with Gasteiger partial charge in [-0.25, -0.2) is 0 Å². The lowest BCUT2D eigenvalue weighted by atomic mass is 9.62. The van der Waals surface area contributed by atoms with Crippen LogP contribution in [0.2, 0.25) is 0 Å². The van der Waals surface area contributed by atoms with Crippen LogP contribution in [0.25, 0.3) is 10.8 Å². The number of hydrogen-bond donors (Lipinski definition) is 10. The van der Waals surface area contributed by atoms with Gasteiger partial charge in [0.25, 0.3) is 0 Å². The number of fused-ring (bicyclic) bond motifs is 3. The van der Waals surface area contributed by atoms with Gasteiger partial charge in [-0.3, -0.25) is 14.4 Å². The number of Topliss-reactive ketones (excluding diaryl/α,β-unsaturated/α-hetero) is 3.